The van der Waals surface area contributed by atoms with Crippen molar-refractivity contribution in [1.29, 1.82) is 0 Å². The van der Waals surface area contributed by atoms with E-state index in [2.05, 4.69) is 0 Å². The number of carbonyl (C=O) groups excluding carboxylic acids is 1. The molecule has 0 N–H and O–H groups in total. The first-order chi connectivity index (χ1) is 12.1. The highest BCUT2D eigenvalue weighted by molar-refractivity contribution is 7.92. The molecule has 0 heterocycles. The minimum atomic E-state index is -3.59. The standard InChI is InChI=1S/C19H23ClN2O3S/c1-14-5-10-18(15(2)11-14)22(26(4,24)25)13-19(23)21(3)12-16-6-8-17(20)9-7-16/h5-11H,12-13H2,1-4H3. The molecule has 2 aromatic carbocycles. The molecule has 0 spiro atoms. The van der Waals surface area contributed by atoms with Crippen LogP contribution in [0.15, 0.2) is 42.5 Å². The quantitative estimate of drug-likeness (QED) is 0.754. The van der Waals surface area contributed by atoms with E-state index in [4.69, 9.17) is 11.6 Å². The van der Waals surface area contributed by atoms with Crippen molar-refractivity contribution >= 4 is 33.2 Å². The summed E-state index contributed by atoms with van der Waals surface area (Å²) in [7, 11) is -1.94. The molecule has 2 aromatic rings. The number of carbonyl (C=O) groups is 1. The van der Waals surface area contributed by atoms with Gasteiger partial charge in [-0.3, -0.25) is 9.10 Å². The number of anilines is 1. The second-order valence-corrected chi connectivity index (χ2v) is 8.78. The van der Waals surface area contributed by atoms with E-state index < -0.39 is 10.0 Å². The van der Waals surface area contributed by atoms with Gasteiger partial charge < -0.3 is 4.90 Å². The molecule has 0 bridgehead atoms. The molecule has 0 aliphatic carbocycles. The van der Waals surface area contributed by atoms with Gasteiger partial charge in [-0.05, 0) is 43.2 Å². The SMILES string of the molecule is Cc1ccc(N(CC(=O)N(C)Cc2ccc(Cl)cc2)S(C)(=O)=O)c(C)c1. The van der Waals surface area contributed by atoms with E-state index in [1.165, 1.54) is 4.90 Å². The Kier molecular flexibility index (Phi) is 6.31. The van der Waals surface area contributed by atoms with Gasteiger partial charge in [0, 0.05) is 18.6 Å². The van der Waals surface area contributed by atoms with Crippen LogP contribution in [0, 0.1) is 13.8 Å². The number of hydrogen-bond acceptors (Lipinski definition) is 3. The lowest BCUT2D eigenvalue weighted by Gasteiger charge is -2.26. The van der Waals surface area contributed by atoms with Crippen molar-refractivity contribution in [3.63, 3.8) is 0 Å². The lowest BCUT2D eigenvalue weighted by atomic mass is 10.1. The monoisotopic (exact) mass is 394 g/mol. The number of aryl methyl sites for hydroxylation is 2. The summed E-state index contributed by atoms with van der Waals surface area (Å²) in [6.45, 7) is 3.91. The van der Waals surface area contributed by atoms with Crippen molar-refractivity contribution in [2.75, 3.05) is 24.2 Å². The van der Waals surface area contributed by atoms with Crippen LogP contribution in [0.25, 0.3) is 0 Å². The number of hydrogen-bond donors (Lipinski definition) is 0. The number of likely N-dealkylation sites (N-methyl/N-ethyl adjacent to an activating group) is 1. The molecule has 0 fully saturated rings. The molecule has 1 amide bonds. The molecule has 2 rings (SSSR count). The summed E-state index contributed by atoms with van der Waals surface area (Å²) in [5.41, 5.74) is 3.28. The Morgan fingerprint density at radius 3 is 2.23 bits per heavy atom. The average Bonchev–Trinajstić information content (AvgIpc) is 2.54. The lowest BCUT2D eigenvalue weighted by Crippen LogP contribution is -2.41. The van der Waals surface area contributed by atoms with Gasteiger partial charge in [-0.1, -0.05) is 41.4 Å². The maximum Gasteiger partial charge on any atom is 0.243 e. The molecule has 0 aromatic heterocycles. The Labute approximate surface area is 160 Å². The van der Waals surface area contributed by atoms with Gasteiger partial charge in [0.05, 0.1) is 11.9 Å². The van der Waals surface area contributed by atoms with Crippen LogP contribution < -0.4 is 4.31 Å². The summed E-state index contributed by atoms with van der Waals surface area (Å²) < 4.78 is 25.7. The molecule has 26 heavy (non-hydrogen) atoms. The molecule has 0 aliphatic rings. The number of sulfonamides is 1. The molecule has 140 valence electrons. The van der Waals surface area contributed by atoms with Crippen LogP contribution in [0.4, 0.5) is 5.69 Å². The van der Waals surface area contributed by atoms with Gasteiger partial charge in [-0.15, -0.1) is 0 Å². The maximum absolute atomic E-state index is 12.6. The van der Waals surface area contributed by atoms with Crippen molar-refractivity contribution in [3.8, 4) is 0 Å². The predicted octanol–water partition coefficient (Wildman–Crippen LogP) is 3.38. The van der Waals surface area contributed by atoms with Crippen LogP contribution >= 0.6 is 11.6 Å². The van der Waals surface area contributed by atoms with Gasteiger partial charge in [-0.2, -0.15) is 0 Å². The van der Waals surface area contributed by atoms with Crippen molar-refractivity contribution in [2.24, 2.45) is 0 Å². The zero-order chi connectivity index (χ0) is 19.5. The molecule has 0 radical (unpaired) electrons. The van der Waals surface area contributed by atoms with Crippen LogP contribution in [0.1, 0.15) is 16.7 Å². The van der Waals surface area contributed by atoms with Crippen LogP contribution in [0.2, 0.25) is 5.02 Å². The molecule has 7 heteroatoms. The Hall–Kier alpha value is -2.05. The molecule has 5 nitrogen and oxygen atoms in total. The number of nitrogens with zero attached hydrogens (tertiary/aromatic N) is 2. The van der Waals surface area contributed by atoms with Gasteiger partial charge >= 0.3 is 0 Å². The Morgan fingerprint density at radius 2 is 1.69 bits per heavy atom. The van der Waals surface area contributed by atoms with Gasteiger partial charge in [0.1, 0.15) is 6.54 Å². The van der Waals surface area contributed by atoms with E-state index in [0.29, 0.717) is 17.3 Å². The zero-order valence-electron chi connectivity index (χ0n) is 15.4. The fourth-order valence-corrected chi connectivity index (χ4v) is 3.69. The molecule has 0 saturated carbocycles. The third-order valence-corrected chi connectivity index (χ3v) is 5.44. The topological polar surface area (TPSA) is 57.7 Å². The fourth-order valence-electron chi connectivity index (χ4n) is 2.66. The normalized spacial score (nSPS) is 11.3. The first-order valence-corrected chi connectivity index (χ1v) is 10.3. The maximum atomic E-state index is 12.6. The third kappa shape index (κ3) is 5.22. The second kappa shape index (κ2) is 8.10. The summed E-state index contributed by atoms with van der Waals surface area (Å²) in [6, 6.07) is 12.7. The van der Waals surface area contributed by atoms with E-state index in [1.54, 1.807) is 25.2 Å². The lowest BCUT2D eigenvalue weighted by molar-refractivity contribution is -0.128. The van der Waals surface area contributed by atoms with E-state index in [9.17, 15) is 13.2 Å². The molecular weight excluding hydrogens is 372 g/mol. The van der Waals surface area contributed by atoms with Crippen molar-refractivity contribution < 1.29 is 13.2 Å². The van der Waals surface area contributed by atoms with Crippen molar-refractivity contribution in [3.05, 3.63) is 64.2 Å². The summed E-state index contributed by atoms with van der Waals surface area (Å²) in [6.07, 6.45) is 1.11. The molecule has 0 aliphatic heterocycles. The summed E-state index contributed by atoms with van der Waals surface area (Å²) in [5.74, 6) is -0.287. The smallest absolute Gasteiger partial charge is 0.243 e. The van der Waals surface area contributed by atoms with E-state index in [0.717, 1.165) is 27.3 Å². The van der Waals surface area contributed by atoms with Crippen molar-refractivity contribution in [2.45, 2.75) is 20.4 Å². The summed E-state index contributed by atoms with van der Waals surface area (Å²) in [5, 5.41) is 0.626. The zero-order valence-corrected chi connectivity index (χ0v) is 16.9. The number of amides is 1. The third-order valence-electron chi connectivity index (χ3n) is 4.06. The largest absolute Gasteiger partial charge is 0.340 e. The van der Waals surface area contributed by atoms with Gasteiger partial charge in [-0.25, -0.2) is 8.42 Å². The first-order valence-electron chi connectivity index (χ1n) is 8.11. The predicted molar refractivity (Wildman–Crippen MR) is 106 cm³/mol. The van der Waals surface area contributed by atoms with E-state index in [-0.39, 0.29) is 12.5 Å². The van der Waals surface area contributed by atoms with Gasteiger partial charge in [0.2, 0.25) is 15.9 Å². The average molecular weight is 395 g/mol. The fraction of sp³-hybridized carbons (Fsp3) is 0.316. The first kappa shape index (κ1) is 20.3. The Balaban J connectivity index is 2.20. The van der Waals surface area contributed by atoms with Crippen LogP contribution in [-0.4, -0.2) is 39.1 Å². The highest BCUT2D eigenvalue weighted by Gasteiger charge is 2.24. The van der Waals surface area contributed by atoms with Crippen LogP contribution in [0.5, 0.6) is 0 Å². The van der Waals surface area contributed by atoms with Crippen molar-refractivity contribution in [1.82, 2.24) is 4.90 Å². The second-order valence-electron chi connectivity index (χ2n) is 6.44. The Bertz CT molecular complexity index is 896. The van der Waals surface area contributed by atoms with Gasteiger partial charge in [0.15, 0.2) is 0 Å². The van der Waals surface area contributed by atoms with E-state index in [1.807, 2.05) is 38.1 Å². The summed E-state index contributed by atoms with van der Waals surface area (Å²) in [4.78, 5) is 14.1. The molecule has 0 unspecified atom stereocenters. The summed E-state index contributed by atoms with van der Waals surface area (Å²) >= 11 is 5.87. The number of rotatable bonds is 6. The van der Waals surface area contributed by atoms with E-state index >= 15 is 0 Å². The number of halogens is 1. The number of benzene rings is 2. The Morgan fingerprint density at radius 1 is 1.08 bits per heavy atom. The highest BCUT2D eigenvalue weighted by atomic mass is 35.5. The van der Waals surface area contributed by atoms with Crippen LogP contribution in [0.3, 0.4) is 0 Å². The molecular formula is C19H23ClN2O3S. The van der Waals surface area contributed by atoms with Crippen LogP contribution in [-0.2, 0) is 21.4 Å². The highest BCUT2D eigenvalue weighted by Crippen LogP contribution is 2.23. The van der Waals surface area contributed by atoms with Gasteiger partial charge in [0.25, 0.3) is 0 Å². The molecule has 0 saturated heterocycles. The minimum absolute atomic E-state index is 0.243. The minimum Gasteiger partial charge on any atom is -0.340 e. The molecule has 0 atom stereocenters.